The molecular formula is C27H27NO13. The van der Waals surface area contributed by atoms with Gasteiger partial charge in [0.25, 0.3) is 5.69 Å². The van der Waals surface area contributed by atoms with E-state index < -0.39 is 71.9 Å². The van der Waals surface area contributed by atoms with Crippen LogP contribution in [0.2, 0.25) is 0 Å². The summed E-state index contributed by atoms with van der Waals surface area (Å²) in [5, 5.41) is 10.9. The Morgan fingerprint density at radius 1 is 0.732 bits per heavy atom. The molecule has 0 radical (unpaired) electrons. The quantitative estimate of drug-likeness (QED) is 0.133. The molecule has 0 aliphatic carbocycles. The van der Waals surface area contributed by atoms with Crippen LogP contribution in [0.15, 0.2) is 48.5 Å². The zero-order valence-corrected chi connectivity index (χ0v) is 22.5. The molecule has 1 aliphatic heterocycles. The number of ether oxygens (including phenoxy) is 6. The summed E-state index contributed by atoms with van der Waals surface area (Å²) in [7, 11) is 0. The highest BCUT2D eigenvalue weighted by atomic mass is 16.7. The van der Waals surface area contributed by atoms with Crippen molar-refractivity contribution in [2.75, 3.05) is 6.61 Å². The molecule has 1 saturated heterocycles. The normalized spacial score (nSPS) is 21.6. The summed E-state index contributed by atoms with van der Waals surface area (Å²) >= 11 is 0. The first-order chi connectivity index (χ1) is 19.3. The lowest BCUT2D eigenvalue weighted by Crippen LogP contribution is -2.63. The van der Waals surface area contributed by atoms with Crippen molar-refractivity contribution in [3.05, 3.63) is 69.8 Å². The van der Waals surface area contributed by atoms with Crippen LogP contribution in [0.5, 0.6) is 5.75 Å². The lowest BCUT2D eigenvalue weighted by molar-refractivity contribution is -0.384. The molecule has 0 spiro atoms. The maximum Gasteiger partial charge on any atom is 0.303 e. The summed E-state index contributed by atoms with van der Waals surface area (Å²) in [6.45, 7) is 4.05. The predicted molar refractivity (Wildman–Crippen MR) is 136 cm³/mol. The summed E-state index contributed by atoms with van der Waals surface area (Å²) in [5.74, 6) is -3.26. The number of nitro groups is 1. The molecule has 2 aromatic rings. The van der Waals surface area contributed by atoms with E-state index in [1.165, 1.54) is 48.5 Å². The topological polar surface area (TPSA) is 184 Å². The summed E-state index contributed by atoms with van der Waals surface area (Å²) in [6.07, 6.45) is -6.78. The van der Waals surface area contributed by atoms with Crippen molar-refractivity contribution in [3.63, 3.8) is 0 Å². The van der Waals surface area contributed by atoms with E-state index in [-0.39, 0.29) is 22.6 Å². The van der Waals surface area contributed by atoms with Crippen molar-refractivity contribution in [2.24, 2.45) is 0 Å². The van der Waals surface area contributed by atoms with Gasteiger partial charge in [0.2, 0.25) is 12.4 Å². The summed E-state index contributed by atoms with van der Waals surface area (Å²) in [6, 6.07) is 10.8. The fourth-order valence-electron chi connectivity index (χ4n) is 4.00. The second-order valence-corrected chi connectivity index (χ2v) is 8.84. The Kier molecular flexibility index (Phi) is 10.1. The molecule has 41 heavy (non-hydrogen) atoms. The third kappa shape index (κ3) is 8.32. The van der Waals surface area contributed by atoms with E-state index in [0.29, 0.717) is 0 Å². The van der Waals surface area contributed by atoms with E-state index in [1.807, 2.05) is 0 Å². The van der Waals surface area contributed by atoms with Gasteiger partial charge in [-0.3, -0.25) is 34.1 Å². The molecule has 5 atom stereocenters. The van der Waals surface area contributed by atoms with Crippen LogP contribution in [0.1, 0.15) is 43.6 Å². The first kappa shape index (κ1) is 30.7. The average molecular weight is 574 g/mol. The van der Waals surface area contributed by atoms with E-state index >= 15 is 0 Å². The van der Waals surface area contributed by atoms with Crippen molar-refractivity contribution >= 4 is 35.3 Å². The molecule has 14 heteroatoms. The summed E-state index contributed by atoms with van der Waals surface area (Å²) in [4.78, 5) is 70.3. The number of carbonyl (C=O) groups excluding carboxylic acids is 5. The minimum atomic E-state index is -1.44. The fraction of sp³-hybridized carbons (Fsp3) is 0.370. The van der Waals surface area contributed by atoms with Gasteiger partial charge in [-0.15, -0.1) is 0 Å². The van der Waals surface area contributed by atoms with Gasteiger partial charge in [0.05, 0.1) is 4.92 Å². The second-order valence-electron chi connectivity index (χ2n) is 8.84. The van der Waals surface area contributed by atoms with E-state index in [0.717, 1.165) is 27.7 Å². The van der Waals surface area contributed by atoms with Gasteiger partial charge in [-0.25, -0.2) is 0 Å². The molecule has 2 aromatic carbocycles. The Bertz CT molecular complexity index is 1310. The van der Waals surface area contributed by atoms with E-state index in [4.69, 9.17) is 28.4 Å². The number of ketones is 1. The number of non-ortho nitro benzene ring substituents is 1. The van der Waals surface area contributed by atoms with Crippen LogP contribution in [-0.2, 0) is 42.9 Å². The number of nitro benzene ring substituents is 1. The highest BCUT2D eigenvalue weighted by Crippen LogP contribution is 2.31. The van der Waals surface area contributed by atoms with Crippen molar-refractivity contribution in [2.45, 2.75) is 58.4 Å². The maximum atomic E-state index is 12.8. The van der Waals surface area contributed by atoms with Crippen LogP contribution >= 0.6 is 0 Å². The van der Waals surface area contributed by atoms with Crippen LogP contribution in [0, 0.1) is 10.1 Å². The first-order valence-electron chi connectivity index (χ1n) is 12.2. The zero-order chi connectivity index (χ0) is 30.3. The highest BCUT2D eigenvalue weighted by Gasteiger charge is 2.53. The van der Waals surface area contributed by atoms with Crippen LogP contribution in [-0.4, -0.2) is 71.9 Å². The molecule has 1 aliphatic rings. The van der Waals surface area contributed by atoms with Crippen LogP contribution < -0.4 is 4.74 Å². The van der Waals surface area contributed by atoms with Gasteiger partial charge >= 0.3 is 23.9 Å². The van der Waals surface area contributed by atoms with Gasteiger partial charge in [0.1, 0.15) is 18.5 Å². The summed E-state index contributed by atoms with van der Waals surface area (Å²) in [5.41, 5.74) is 0.312. The van der Waals surface area contributed by atoms with Crippen molar-refractivity contribution in [1.29, 1.82) is 0 Å². The minimum absolute atomic E-state index is 0.145. The number of benzene rings is 2. The van der Waals surface area contributed by atoms with Crippen molar-refractivity contribution in [1.82, 2.24) is 0 Å². The minimum Gasteiger partial charge on any atom is -0.463 e. The van der Waals surface area contributed by atoms with Gasteiger partial charge in [-0.1, -0.05) is 0 Å². The van der Waals surface area contributed by atoms with Crippen molar-refractivity contribution in [3.8, 4) is 5.75 Å². The third-order valence-corrected chi connectivity index (χ3v) is 5.66. The van der Waals surface area contributed by atoms with Gasteiger partial charge in [0, 0.05) is 51.0 Å². The SMILES string of the molecule is CC(=O)OC[C@H]1O[C@@H](Oc2ccc(C(=O)c3ccc([N+](=O)[O-])cc3)cc2)[C@H](OC(C)=O)[C@@H](OC(C)=O)[C@H]1OC(C)=O. The largest absolute Gasteiger partial charge is 0.463 e. The number of carbonyl (C=O) groups is 5. The second kappa shape index (κ2) is 13.5. The Morgan fingerprint density at radius 2 is 1.22 bits per heavy atom. The van der Waals surface area contributed by atoms with Gasteiger partial charge in [-0.05, 0) is 36.4 Å². The monoisotopic (exact) mass is 573 g/mol. The van der Waals surface area contributed by atoms with Crippen molar-refractivity contribution < 1.29 is 57.3 Å². The molecule has 0 unspecified atom stereocenters. The van der Waals surface area contributed by atoms with Gasteiger partial charge in [0.15, 0.2) is 18.0 Å². The molecule has 0 N–H and O–H groups in total. The number of esters is 4. The summed E-state index contributed by atoms with van der Waals surface area (Å²) < 4.78 is 32.8. The van der Waals surface area contributed by atoms with Gasteiger partial charge < -0.3 is 28.4 Å². The molecule has 218 valence electrons. The molecule has 1 fully saturated rings. The van der Waals surface area contributed by atoms with Crippen LogP contribution in [0.4, 0.5) is 5.69 Å². The number of nitrogens with zero attached hydrogens (tertiary/aromatic N) is 1. The molecular weight excluding hydrogens is 546 g/mol. The Hall–Kier alpha value is -4.85. The molecule has 1 heterocycles. The predicted octanol–water partition coefficient (Wildman–Crippen LogP) is 2.29. The molecule has 3 rings (SSSR count). The maximum absolute atomic E-state index is 12.8. The lowest BCUT2D eigenvalue weighted by Gasteiger charge is -2.43. The van der Waals surface area contributed by atoms with Crippen LogP contribution in [0.25, 0.3) is 0 Å². The Balaban J connectivity index is 1.89. The highest BCUT2D eigenvalue weighted by molar-refractivity contribution is 6.09. The number of hydrogen-bond donors (Lipinski definition) is 0. The lowest BCUT2D eigenvalue weighted by atomic mass is 9.98. The van der Waals surface area contributed by atoms with E-state index in [9.17, 15) is 34.1 Å². The Labute approximate surface area is 233 Å². The van der Waals surface area contributed by atoms with Gasteiger partial charge in [-0.2, -0.15) is 0 Å². The number of rotatable bonds is 10. The third-order valence-electron chi connectivity index (χ3n) is 5.66. The Morgan fingerprint density at radius 3 is 1.71 bits per heavy atom. The first-order valence-corrected chi connectivity index (χ1v) is 12.2. The zero-order valence-electron chi connectivity index (χ0n) is 22.5. The molecule has 14 nitrogen and oxygen atoms in total. The molecule has 0 amide bonds. The van der Waals surface area contributed by atoms with E-state index in [1.54, 1.807) is 0 Å². The van der Waals surface area contributed by atoms with E-state index in [2.05, 4.69) is 0 Å². The smallest absolute Gasteiger partial charge is 0.303 e. The fourth-order valence-corrected chi connectivity index (χ4v) is 4.00. The average Bonchev–Trinajstić information content (AvgIpc) is 2.90. The number of hydrogen-bond acceptors (Lipinski definition) is 13. The molecule has 0 bridgehead atoms. The molecule has 0 saturated carbocycles. The van der Waals surface area contributed by atoms with Crippen LogP contribution in [0.3, 0.4) is 0 Å². The molecule has 0 aromatic heterocycles. The standard InChI is InChI=1S/C27H27NO13/c1-14(29)36-13-22-24(37-15(2)30)25(38-16(3)31)26(39-17(4)32)27(41-22)40-21-11-7-19(8-12-21)23(33)18-5-9-20(10-6-18)28(34)35/h5-12,22,24-27H,13H2,1-4H3/t22-,24+,25+,26-,27-/m1/s1.